The molecule has 4 rings (SSSR count). The van der Waals surface area contributed by atoms with E-state index in [4.69, 9.17) is 0 Å². The van der Waals surface area contributed by atoms with Gasteiger partial charge in [-0.3, -0.25) is 0 Å². The predicted octanol–water partition coefficient (Wildman–Crippen LogP) is 5.90. The highest BCUT2D eigenvalue weighted by Gasteiger charge is 2.10. The van der Waals surface area contributed by atoms with Crippen LogP contribution in [-0.2, 0) is 6.42 Å². The fourth-order valence-corrected chi connectivity index (χ4v) is 3.24. The third kappa shape index (κ3) is 2.35. The SMILES string of the molecule is C/C=C/Cc1ccc(-n2c3ccccc3c3ccccc32)cc1. The Labute approximate surface area is 136 Å². The van der Waals surface area contributed by atoms with E-state index in [1.807, 2.05) is 0 Å². The van der Waals surface area contributed by atoms with Gasteiger partial charge < -0.3 is 4.57 Å². The van der Waals surface area contributed by atoms with Gasteiger partial charge in [-0.1, -0.05) is 60.7 Å². The van der Waals surface area contributed by atoms with Gasteiger partial charge in [-0.2, -0.15) is 0 Å². The van der Waals surface area contributed by atoms with Gasteiger partial charge in [-0.15, -0.1) is 0 Å². The van der Waals surface area contributed by atoms with Crippen molar-refractivity contribution >= 4 is 21.8 Å². The van der Waals surface area contributed by atoms with Gasteiger partial charge in [-0.05, 0) is 43.2 Å². The molecule has 0 spiro atoms. The fraction of sp³-hybridized carbons (Fsp3) is 0.0909. The Morgan fingerprint density at radius 3 is 1.87 bits per heavy atom. The van der Waals surface area contributed by atoms with E-state index in [0.29, 0.717) is 0 Å². The first-order chi connectivity index (χ1) is 11.4. The van der Waals surface area contributed by atoms with E-state index in [0.717, 1.165) is 6.42 Å². The van der Waals surface area contributed by atoms with Gasteiger partial charge in [0, 0.05) is 16.5 Å². The highest BCUT2D eigenvalue weighted by atomic mass is 15.0. The van der Waals surface area contributed by atoms with Crippen LogP contribution < -0.4 is 0 Å². The van der Waals surface area contributed by atoms with E-state index in [1.54, 1.807) is 0 Å². The first-order valence-corrected chi connectivity index (χ1v) is 8.07. The number of hydrogen-bond donors (Lipinski definition) is 0. The normalized spacial score (nSPS) is 11.7. The molecular formula is C22H19N. The lowest BCUT2D eigenvalue weighted by atomic mass is 10.1. The lowest BCUT2D eigenvalue weighted by molar-refractivity contribution is 1.16. The molecular weight excluding hydrogens is 278 g/mol. The van der Waals surface area contributed by atoms with Gasteiger partial charge in [-0.25, -0.2) is 0 Å². The highest BCUT2D eigenvalue weighted by Crippen LogP contribution is 2.31. The molecule has 4 aromatic rings. The number of allylic oxidation sites excluding steroid dienone is 2. The van der Waals surface area contributed by atoms with Crippen molar-refractivity contribution in [3.8, 4) is 5.69 Å². The maximum Gasteiger partial charge on any atom is 0.0541 e. The van der Waals surface area contributed by atoms with Crippen molar-refractivity contribution in [1.82, 2.24) is 4.57 Å². The van der Waals surface area contributed by atoms with Crippen molar-refractivity contribution < 1.29 is 0 Å². The van der Waals surface area contributed by atoms with E-state index < -0.39 is 0 Å². The van der Waals surface area contributed by atoms with Gasteiger partial charge >= 0.3 is 0 Å². The molecule has 23 heavy (non-hydrogen) atoms. The minimum absolute atomic E-state index is 0.990. The van der Waals surface area contributed by atoms with Crippen LogP contribution in [0.4, 0.5) is 0 Å². The molecule has 0 unspecified atom stereocenters. The number of hydrogen-bond acceptors (Lipinski definition) is 0. The molecule has 0 amide bonds. The number of rotatable bonds is 3. The van der Waals surface area contributed by atoms with Crippen LogP contribution in [-0.4, -0.2) is 4.57 Å². The molecule has 3 aromatic carbocycles. The lowest BCUT2D eigenvalue weighted by Crippen LogP contribution is -1.94. The van der Waals surface area contributed by atoms with Crippen LogP contribution in [0.2, 0.25) is 0 Å². The molecule has 112 valence electrons. The summed E-state index contributed by atoms with van der Waals surface area (Å²) in [6.07, 6.45) is 5.28. The van der Waals surface area contributed by atoms with Crippen LogP contribution in [0.1, 0.15) is 12.5 Å². The van der Waals surface area contributed by atoms with Gasteiger partial charge in [0.05, 0.1) is 11.0 Å². The molecule has 0 aliphatic carbocycles. The van der Waals surface area contributed by atoms with Crippen molar-refractivity contribution in [1.29, 1.82) is 0 Å². The summed E-state index contributed by atoms with van der Waals surface area (Å²) in [7, 11) is 0. The second kappa shape index (κ2) is 5.77. The van der Waals surface area contributed by atoms with Gasteiger partial charge in [0.25, 0.3) is 0 Å². The van der Waals surface area contributed by atoms with Crippen molar-refractivity contribution in [2.45, 2.75) is 13.3 Å². The third-order valence-corrected chi connectivity index (χ3v) is 4.36. The zero-order valence-electron chi connectivity index (χ0n) is 13.2. The molecule has 1 nitrogen and oxygen atoms in total. The molecule has 1 heteroatoms. The molecule has 0 saturated carbocycles. The summed E-state index contributed by atoms with van der Waals surface area (Å²) in [5, 5.41) is 2.61. The summed E-state index contributed by atoms with van der Waals surface area (Å²) in [5.41, 5.74) is 5.07. The van der Waals surface area contributed by atoms with Crippen molar-refractivity contribution in [2.24, 2.45) is 0 Å². The van der Waals surface area contributed by atoms with Gasteiger partial charge in [0.2, 0.25) is 0 Å². The molecule has 0 bridgehead atoms. The van der Waals surface area contributed by atoms with E-state index in [9.17, 15) is 0 Å². The Hall–Kier alpha value is -2.80. The number of fused-ring (bicyclic) bond motifs is 3. The summed E-state index contributed by atoms with van der Waals surface area (Å²) in [6, 6.07) is 26.1. The second-order valence-electron chi connectivity index (χ2n) is 5.81. The fourth-order valence-electron chi connectivity index (χ4n) is 3.24. The molecule has 0 fully saturated rings. The average molecular weight is 297 g/mol. The topological polar surface area (TPSA) is 4.93 Å². The molecule has 0 atom stereocenters. The summed E-state index contributed by atoms with van der Waals surface area (Å²) >= 11 is 0. The first kappa shape index (κ1) is 13.8. The number of benzene rings is 3. The largest absolute Gasteiger partial charge is 0.309 e. The Bertz CT molecular complexity index is 934. The Morgan fingerprint density at radius 2 is 1.30 bits per heavy atom. The van der Waals surface area contributed by atoms with Crippen LogP contribution in [0, 0.1) is 0 Å². The summed E-state index contributed by atoms with van der Waals surface area (Å²) < 4.78 is 2.35. The maximum atomic E-state index is 2.35. The van der Waals surface area contributed by atoms with E-state index in [2.05, 4.69) is 96.4 Å². The Morgan fingerprint density at radius 1 is 0.739 bits per heavy atom. The minimum Gasteiger partial charge on any atom is -0.309 e. The van der Waals surface area contributed by atoms with Crippen molar-refractivity contribution in [3.05, 3.63) is 90.5 Å². The lowest BCUT2D eigenvalue weighted by Gasteiger charge is -2.08. The zero-order valence-corrected chi connectivity index (χ0v) is 13.2. The average Bonchev–Trinajstić information content (AvgIpc) is 2.95. The summed E-state index contributed by atoms with van der Waals surface area (Å²) in [4.78, 5) is 0. The molecule has 1 heterocycles. The Balaban J connectivity index is 1.93. The quantitative estimate of drug-likeness (QED) is 0.415. The maximum absolute atomic E-state index is 2.35. The van der Waals surface area contributed by atoms with Crippen LogP contribution in [0.15, 0.2) is 84.9 Å². The van der Waals surface area contributed by atoms with E-state index in [1.165, 1.54) is 33.1 Å². The number of aromatic nitrogens is 1. The Kier molecular flexibility index (Phi) is 3.47. The van der Waals surface area contributed by atoms with Gasteiger partial charge in [0.1, 0.15) is 0 Å². The minimum atomic E-state index is 0.990. The first-order valence-electron chi connectivity index (χ1n) is 8.07. The smallest absolute Gasteiger partial charge is 0.0541 e. The molecule has 0 N–H and O–H groups in total. The third-order valence-electron chi connectivity index (χ3n) is 4.36. The highest BCUT2D eigenvalue weighted by molar-refractivity contribution is 6.09. The number of nitrogens with zero attached hydrogens (tertiary/aromatic N) is 1. The summed E-state index contributed by atoms with van der Waals surface area (Å²) in [5.74, 6) is 0. The standard InChI is InChI=1S/C22H19N/c1-2-3-8-17-13-15-18(16-14-17)23-21-11-6-4-9-19(21)20-10-5-7-12-22(20)23/h2-7,9-16H,8H2,1H3/b3-2+. The molecule has 0 aliphatic heterocycles. The van der Waals surface area contributed by atoms with Crippen LogP contribution >= 0.6 is 0 Å². The van der Waals surface area contributed by atoms with Crippen LogP contribution in [0.25, 0.3) is 27.5 Å². The van der Waals surface area contributed by atoms with E-state index in [-0.39, 0.29) is 0 Å². The van der Waals surface area contributed by atoms with Crippen LogP contribution in [0.3, 0.4) is 0 Å². The number of para-hydroxylation sites is 2. The van der Waals surface area contributed by atoms with E-state index >= 15 is 0 Å². The molecule has 0 saturated heterocycles. The summed E-state index contributed by atoms with van der Waals surface area (Å²) in [6.45, 7) is 2.06. The van der Waals surface area contributed by atoms with Crippen molar-refractivity contribution in [3.63, 3.8) is 0 Å². The van der Waals surface area contributed by atoms with Crippen LogP contribution in [0.5, 0.6) is 0 Å². The zero-order chi connectivity index (χ0) is 15.6. The van der Waals surface area contributed by atoms with Gasteiger partial charge in [0.15, 0.2) is 0 Å². The molecule has 1 aromatic heterocycles. The molecule has 0 aliphatic rings. The van der Waals surface area contributed by atoms with Crippen molar-refractivity contribution in [2.75, 3.05) is 0 Å². The predicted molar refractivity (Wildman–Crippen MR) is 99.3 cm³/mol. The second-order valence-corrected chi connectivity index (χ2v) is 5.81. The monoisotopic (exact) mass is 297 g/mol. The molecule has 0 radical (unpaired) electrons.